The number of pyridine rings is 1. The Labute approximate surface area is 175 Å². The molecule has 0 atom stereocenters. The third-order valence-electron chi connectivity index (χ3n) is 4.61. The van der Waals surface area contributed by atoms with E-state index >= 15 is 0 Å². The van der Waals surface area contributed by atoms with E-state index in [0.29, 0.717) is 12.1 Å². The van der Waals surface area contributed by atoms with E-state index in [9.17, 15) is 18.7 Å². The van der Waals surface area contributed by atoms with Crippen molar-refractivity contribution in [1.82, 2.24) is 4.57 Å². The highest BCUT2D eigenvalue weighted by atomic mass is 79.9. The molecule has 3 rings (SSSR count). The number of benzene rings is 2. The minimum Gasteiger partial charge on any atom is -0.487 e. The van der Waals surface area contributed by atoms with Gasteiger partial charge in [0.05, 0.1) is 5.69 Å². The molecule has 0 radical (unpaired) electrons. The zero-order chi connectivity index (χ0) is 21.1. The lowest BCUT2D eigenvalue weighted by Gasteiger charge is -2.17. The maximum Gasteiger partial charge on any atom is 0.273 e. The lowest BCUT2D eigenvalue weighted by atomic mass is 10.1. The summed E-state index contributed by atoms with van der Waals surface area (Å²) in [5, 5.41) is 9.19. The van der Waals surface area contributed by atoms with Crippen LogP contribution >= 0.6 is 15.9 Å². The van der Waals surface area contributed by atoms with Gasteiger partial charge >= 0.3 is 0 Å². The molecule has 0 aliphatic heterocycles. The van der Waals surface area contributed by atoms with Crippen LogP contribution in [0.4, 0.5) is 8.78 Å². The van der Waals surface area contributed by atoms with Gasteiger partial charge in [-0.25, -0.2) is 8.78 Å². The third-order valence-corrected chi connectivity index (χ3v) is 5.34. The smallest absolute Gasteiger partial charge is 0.273 e. The number of hydrogen-bond acceptors (Lipinski definition) is 3. The molecule has 0 saturated carbocycles. The monoisotopic (exact) mass is 463 g/mol. The lowest BCUT2D eigenvalue weighted by molar-refractivity contribution is 0.296. The SMILES string of the molecule is Cc1ccc(CCO)cc1-n1c(C)cc(OCc2ccc(F)cc2F)c(Br)c1=O. The summed E-state index contributed by atoms with van der Waals surface area (Å²) in [4.78, 5) is 13.0. The Morgan fingerprint density at radius 2 is 1.86 bits per heavy atom. The molecule has 0 aliphatic rings. The largest absolute Gasteiger partial charge is 0.487 e. The number of halogens is 3. The van der Waals surface area contributed by atoms with Crippen molar-refractivity contribution in [2.24, 2.45) is 0 Å². The predicted molar refractivity (Wildman–Crippen MR) is 111 cm³/mol. The zero-order valence-electron chi connectivity index (χ0n) is 16.0. The fourth-order valence-corrected chi connectivity index (χ4v) is 3.47. The van der Waals surface area contributed by atoms with Crippen LogP contribution in [0.15, 0.2) is 51.7 Å². The molecular formula is C22H20BrF2NO3. The topological polar surface area (TPSA) is 51.5 Å². The van der Waals surface area contributed by atoms with Crippen LogP contribution in [0.3, 0.4) is 0 Å². The van der Waals surface area contributed by atoms with Gasteiger partial charge in [-0.05, 0) is 65.5 Å². The van der Waals surface area contributed by atoms with E-state index in [4.69, 9.17) is 4.74 Å². The van der Waals surface area contributed by atoms with Crippen LogP contribution in [-0.4, -0.2) is 16.3 Å². The minimum absolute atomic E-state index is 0.0206. The molecule has 0 aliphatic carbocycles. The van der Waals surface area contributed by atoms with Crippen molar-refractivity contribution in [2.75, 3.05) is 6.61 Å². The van der Waals surface area contributed by atoms with Crippen molar-refractivity contribution in [3.63, 3.8) is 0 Å². The quantitative estimate of drug-likeness (QED) is 0.580. The van der Waals surface area contributed by atoms with Crippen molar-refractivity contribution >= 4 is 15.9 Å². The molecule has 1 heterocycles. The number of rotatable bonds is 6. The van der Waals surface area contributed by atoms with Gasteiger partial charge in [0.1, 0.15) is 28.5 Å². The molecule has 7 heteroatoms. The predicted octanol–water partition coefficient (Wildman–Crippen LogP) is 4.61. The van der Waals surface area contributed by atoms with E-state index in [-0.39, 0.29) is 34.6 Å². The van der Waals surface area contributed by atoms with Crippen molar-refractivity contribution in [3.05, 3.63) is 91.3 Å². The number of ether oxygens (including phenoxy) is 1. The molecular weight excluding hydrogens is 444 g/mol. The standard InChI is InChI=1S/C22H20BrF2NO3/c1-13-3-4-15(7-8-27)10-19(13)26-14(2)9-20(21(23)22(26)28)29-12-16-5-6-17(24)11-18(16)25/h3-6,9-11,27H,7-8,12H2,1-2H3. The van der Waals surface area contributed by atoms with Gasteiger partial charge in [0.15, 0.2) is 0 Å². The second-order valence-corrected chi connectivity index (χ2v) is 7.52. The first-order chi connectivity index (χ1) is 13.8. The Balaban J connectivity index is 1.97. The van der Waals surface area contributed by atoms with Gasteiger partial charge < -0.3 is 9.84 Å². The van der Waals surface area contributed by atoms with Crippen LogP contribution in [0.1, 0.15) is 22.4 Å². The molecule has 29 heavy (non-hydrogen) atoms. The van der Waals surface area contributed by atoms with Crippen molar-refractivity contribution in [1.29, 1.82) is 0 Å². The number of aliphatic hydroxyl groups is 1. The maximum atomic E-state index is 13.8. The minimum atomic E-state index is -0.706. The van der Waals surface area contributed by atoms with Crippen LogP contribution in [-0.2, 0) is 13.0 Å². The normalized spacial score (nSPS) is 11.0. The molecule has 152 valence electrons. The number of aromatic nitrogens is 1. The summed E-state index contributed by atoms with van der Waals surface area (Å²) in [5.41, 5.74) is 3.05. The molecule has 0 fully saturated rings. The van der Waals surface area contributed by atoms with Gasteiger partial charge in [-0.15, -0.1) is 0 Å². The summed E-state index contributed by atoms with van der Waals surface area (Å²) in [6.07, 6.45) is 0.493. The van der Waals surface area contributed by atoms with Crippen LogP contribution in [0.25, 0.3) is 5.69 Å². The van der Waals surface area contributed by atoms with Crippen molar-refractivity contribution in [3.8, 4) is 11.4 Å². The Morgan fingerprint density at radius 3 is 2.55 bits per heavy atom. The van der Waals surface area contributed by atoms with Gasteiger partial charge in [0.2, 0.25) is 0 Å². The first-order valence-electron chi connectivity index (χ1n) is 9.01. The Morgan fingerprint density at radius 1 is 1.10 bits per heavy atom. The van der Waals surface area contributed by atoms with E-state index in [2.05, 4.69) is 15.9 Å². The molecule has 1 N–H and O–H groups in total. The Bertz CT molecular complexity index is 1110. The summed E-state index contributed by atoms with van der Waals surface area (Å²) < 4.78 is 34.3. The highest BCUT2D eigenvalue weighted by Crippen LogP contribution is 2.26. The summed E-state index contributed by atoms with van der Waals surface area (Å²) in [7, 11) is 0. The van der Waals surface area contributed by atoms with E-state index in [1.54, 1.807) is 17.6 Å². The Kier molecular flexibility index (Phi) is 6.49. The molecule has 0 saturated heterocycles. The number of aryl methyl sites for hydroxylation is 2. The molecule has 0 bridgehead atoms. The Hall–Kier alpha value is -2.51. The van der Waals surface area contributed by atoms with Crippen LogP contribution in [0.2, 0.25) is 0 Å². The zero-order valence-corrected chi connectivity index (χ0v) is 17.6. The average molecular weight is 464 g/mol. The summed E-state index contributed by atoms with van der Waals surface area (Å²) >= 11 is 3.29. The van der Waals surface area contributed by atoms with Crippen LogP contribution < -0.4 is 10.3 Å². The van der Waals surface area contributed by atoms with E-state index in [1.807, 2.05) is 25.1 Å². The number of nitrogens with zero attached hydrogens (tertiary/aromatic N) is 1. The van der Waals surface area contributed by atoms with Gasteiger partial charge in [0.25, 0.3) is 5.56 Å². The molecule has 4 nitrogen and oxygen atoms in total. The average Bonchev–Trinajstić information content (AvgIpc) is 2.67. The summed E-state index contributed by atoms with van der Waals surface area (Å²) in [6, 6.07) is 10.6. The lowest BCUT2D eigenvalue weighted by Crippen LogP contribution is -2.23. The van der Waals surface area contributed by atoms with Crippen molar-refractivity contribution in [2.45, 2.75) is 26.9 Å². The van der Waals surface area contributed by atoms with E-state index < -0.39 is 11.6 Å². The van der Waals surface area contributed by atoms with Gasteiger partial charge in [-0.1, -0.05) is 12.1 Å². The number of hydrogen-bond donors (Lipinski definition) is 1. The summed E-state index contributed by atoms with van der Waals surface area (Å²) in [6.45, 7) is 3.56. The molecule has 0 unspecified atom stereocenters. The van der Waals surface area contributed by atoms with Crippen LogP contribution in [0.5, 0.6) is 5.75 Å². The van der Waals surface area contributed by atoms with Crippen LogP contribution in [0, 0.1) is 25.5 Å². The molecule has 0 spiro atoms. The maximum absolute atomic E-state index is 13.8. The molecule has 3 aromatic rings. The van der Waals surface area contributed by atoms with Gasteiger partial charge in [-0.2, -0.15) is 0 Å². The molecule has 0 amide bonds. The first-order valence-corrected chi connectivity index (χ1v) is 9.80. The highest BCUT2D eigenvalue weighted by molar-refractivity contribution is 9.10. The highest BCUT2D eigenvalue weighted by Gasteiger charge is 2.16. The molecule has 1 aromatic heterocycles. The van der Waals surface area contributed by atoms with E-state index in [0.717, 1.165) is 28.9 Å². The fourth-order valence-electron chi connectivity index (χ4n) is 3.06. The van der Waals surface area contributed by atoms with Gasteiger partial charge in [-0.3, -0.25) is 9.36 Å². The third kappa shape index (κ3) is 4.57. The molecule has 2 aromatic carbocycles. The van der Waals surface area contributed by atoms with Crippen molar-refractivity contribution < 1.29 is 18.6 Å². The van der Waals surface area contributed by atoms with E-state index in [1.165, 1.54) is 6.07 Å². The fraction of sp³-hybridized carbons (Fsp3) is 0.227. The second-order valence-electron chi connectivity index (χ2n) is 6.72. The summed E-state index contributed by atoms with van der Waals surface area (Å²) in [5.74, 6) is -1.09. The van der Waals surface area contributed by atoms with Gasteiger partial charge in [0, 0.05) is 30.0 Å². The number of aliphatic hydroxyl groups excluding tert-OH is 1. The second kappa shape index (κ2) is 8.88. The first kappa shape index (κ1) is 21.2.